The lowest BCUT2D eigenvalue weighted by atomic mass is 9.90. The second-order valence-corrected chi connectivity index (χ2v) is 6.92. The van der Waals surface area contributed by atoms with Gasteiger partial charge in [0.15, 0.2) is 22.3 Å². The van der Waals surface area contributed by atoms with Gasteiger partial charge in [0, 0.05) is 17.7 Å². The maximum Gasteiger partial charge on any atom is 0.188 e. The van der Waals surface area contributed by atoms with Gasteiger partial charge < -0.3 is 14.8 Å². The molecule has 24 heavy (non-hydrogen) atoms. The Labute approximate surface area is 147 Å². The average molecular weight is 340 g/mol. The number of benzene rings is 2. The fraction of sp³-hybridized carbons (Fsp3) is 0.316. The van der Waals surface area contributed by atoms with Crippen LogP contribution in [0.2, 0.25) is 0 Å². The van der Waals surface area contributed by atoms with Gasteiger partial charge in [0.1, 0.15) is 0 Å². The van der Waals surface area contributed by atoms with Crippen LogP contribution in [0.25, 0.3) is 0 Å². The molecule has 0 amide bonds. The molecule has 4 rings (SSSR count). The van der Waals surface area contributed by atoms with Crippen molar-refractivity contribution in [2.75, 3.05) is 12.0 Å². The highest BCUT2D eigenvalue weighted by Gasteiger charge is 2.49. The molecule has 2 heterocycles. The number of rotatable bonds is 2. The first-order chi connectivity index (χ1) is 11.5. The zero-order chi connectivity index (χ0) is 16.9. The monoisotopic (exact) mass is 340 g/mol. The summed E-state index contributed by atoms with van der Waals surface area (Å²) in [5, 5.41) is 4.15. The molecule has 0 aromatic heterocycles. The first-order valence-corrected chi connectivity index (χ1v) is 8.46. The van der Waals surface area contributed by atoms with Crippen LogP contribution in [-0.4, -0.2) is 17.9 Å². The molecule has 124 valence electrons. The number of ether oxygens (including phenoxy) is 2. The summed E-state index contributed by atoms with van der Waals surface area (Å²) in [4.78, 5) is 2.06. The van der Waals surface area contributed by atoms with Crippen molar-refractivity contribution in [2.45, 2.75) is 32.0 Å². The van der Waals surface area contributed by atoms with Crippen LogP contribution in [0.3, 0.4) is 0 Å². The Bertz CT molecular complexity index is 806. The van der Waals surface area contributed by atoms with Crippen LogP contribution < -0.4 is 19.7 Å². The van der Waals surface area contributed by atoms with E-state index in [0.29, 0.717) is 5.11 Å². The summed E-state index contributed by atoms with van der Waals surface area (Å²) >= 11 is 5.66. The third kappa shape index (κ3) is 2.23. The van der Waals surface area contributed by atoms with E-state index in [-0.39, 0.29) is 6.04 Å². The number of nitrogens with zero attached hydrogens (tertiary/aromatic N) is 1. The Morgan fingerprint density at radius 1 is 1.25 bits per heavy atom. The van der Waals surface area contributed by atoms with E-state index in [1.807, 2.05) is 12.1 Å². The third-order valence-electron chi connectivity index (χ3n) is 4.78. The summed E-state index contributed by atoms with van der Waals surface area (Å²) in [7, 11) is 1.67. The number of aryl methyl sites for hydroxylation is 1. The molecule has 2 aliphatic rings. The highest BCUT2D eigenvalue weighted by molar-refractivity contribution is 7.80. The second-order valence-electron chi connectivity index (χ2n) is 6.53. The number of methoxy groups -OCH3 is 1. The molecule has 0 saturated carbocycles. The van der Waals surface area contributed by atoms with Crippen LogP contribution >= 0.6 is 12.2 Å². The van der Waals surface area contributed by atoms with Gasteiger partial charge in [0.05, 0.1) is 13.2 Å². The standard InChI is InChI=1S/C19H20N2O2S/c1-12-7-9-13(10-8-12)21-18(24)20-15-11-19(21,2)23-17-14(15)5-4-6-16(17)22-3/h4-10,15H,11H2,1-3H3,(H,20,24)/t15-,19+/m0/s1. The second kappa shape index (κ2) is 5.38. The van der Waals surface area contributed by atoms with Crippen LogP contribution in [-0.2, 0) is 0 Å². The van der Waals surface area contributed by atoms with Gasteiger partial charge in [-0.1, -0.05) is 29.8 Å². The van der Waals surface area contributed by atoms with E-state index in [9.17, 15) is 0 Å². The van der Waals surface area contributed by atoms with Crippen molar-refractivity contribution in [3.63, 3.8) is 0 Å². The van der Waals surface area contributed by atoms with Crippen molar-refractivity contribution >= 4 is 23.0 Å². The molecule has 2 bridgehead atoms. The van der Waals surface area contributed by atoms with Gasteiger partial charge in [-0.25, -0.2) is 0 Å². The Balaban J connectivity index is 1.81. The molecular weight excluding hydrogens is 320 g/mol. The quantitative estimate of drug-likeness (QED) is 0.838. The maximum absolute atomic E-state index is 6.45. The van der Waals surface area contributed by atoms with Crippen molar-refractivity contribution in [3.05, 3.63) is 53.6 Å². The highest BCUT2D eigenvalue weighted by Crippen LogP contribution is 2.48. The van der Waals surface area contributed by atoms with Gasteiger partial charge in [-0.15, -0.1) is 0 Å². The molecule has 2 aromatic carbocycles. The van der Waals surface area contributed by atoms with Gasteiger partial charge in [-0.2, -0.15) is 0 Å². The Hall–Kier alpha value is -2.27. The van der Waals surface area contributed by atoms with Crippen LogP contribution in [0.1, 0.15) is 30.5 Å². The normalized spacial score (nSPS) is 24.7. The SMILES string of the molecule is COc1cccc2c1O[C@]1(C)C[C@@H]2NC(=S)N1c1ccc(C)cc1. The van der Waals surface area contributed by atoms with Crippen LogP contribution in [0.4, 0.5) is 5.69 Å². The minimum atomic E-state index is -0.552. The van der Waals surface area contributed by atoms with Crippen molar-refractivity contribution < 1.29 is 9.47 Å². The zero-order valence-electron chi connectivity index (χ0n) is 14.0. The predicted octanol–water partition coefficient (Wildman–Crippen LogP) is 3.94. The number of nitrogens with one attached hydrogen (secondary N) is 1. The third-order valence-corrected chi connectivity index (χ3v) is 5.08. The topological polar surface area (TPSA) is 33.7 Å². The molecule has 1 N–H and O–H groups in total. The van der Waals surface area contributed by atoms with Gasteiger partial charge in [0.25, 0.3) is 0 Å². The largest absolute Gasteiger partial charge is 0.493 e. The molecule has 1 fully saturated rings. The van der Waals surface area contributed by atoms with E-state index in [1.165, 1.54) is 5.56 Å². The number of hydrogen-bond donors (Lipinski definition) is 1. The average Bonchev–Trinajstić information content (AvgIpc) is 2.55. The first kappa shape index (κ1) is 15.3. The zero-order valence-corrected chi connectivity index (χ0v) is 14.8. The summed E-state index contributed by atoms with van der Waals surface area (Å²) in [5.41, 5.74) is 2.79. The molecule has 2 aromatic rings. The summed E-state index contributed by atoms with van der Waals surface area (Å²) in [5.74, 6) is 1.55. The lowest BCUT2D eigenvalue weighted by Crippen LogP contribution is -2.65. The number of anilines is 1. The molecule has 2 aliphatic heterocycles. The molecule has 2 atom stereocenters. The van der Waals surface area contributed by atoms with Gasteiger partial charge in [-0.3, -0.25) is 4.90 Å². The Morgan fingerprint density at radius 2 is 2.00 bits per heavy atom. The Morgan fingerprint density at radius 3 is 2.71 bits per heavy atom. The van der Waals surface area contributed by atoms with Crippen LogP contribution in [0, 0.1) is 6.92 Å². The van der Waals surface area contributed by atoms with Crippen LogP contribution in [0.15, 0.2) is 42.5 Å². The summed E-state index contributed by atoms with van der Waals surface area (Å²) in [6, 6.07) is 14.4. The van der Waals surface area contributed by atoms with E-state index in [1.54, 1.807) is 7.11 Å². The molecule has 4 nitrogen and oxygen atoms in total. The summed E-state index contributed by atoms with van der Waals surface area (Å²) < 4.78 is 12.0. The van der Waals surface area contributed by atoms with Crippen molar-refractivity contribution in [1.82, 2.24) is 5.32 Å². The van der Waals surface area contributed by atoms with Crippen LogP contribution in [0.5, 0.6) is 11.5 Å². The fourth-order valence-electron chi connectivity index (χ4n) is 3.61. The molecule has 5 heteroatoms. The van der Waals surface area contributed by atoms with Crippen molar-refractivity contribution in [3.8, 4) is 11.5 Å². The lowest BCUT2D eigenvalue weighted by molar-refractivity contribution is 0.0464. The number of fused-ring (bicyclic) bond motifs is 4. The van der Waals surface area contributed by atoms with E-state index in [4.69, 9.17) is 21.7 Å². The molecule has 0 unspecified atom stereocenters. The lowest BCUT2D eigenvalue weighted by Gasteiger charge is -2.52. The van der Waals surface area contributed by atoms with E-state index in [0.717, 1.165) is 29.2 Å². The minimum absolute atomic E-state index is 0.128. The van der Waals surface area contributed by atoms with E-state index >= 15 is 0 Å². The van der Waals surface area contributed by atoms with Gasteiger partial charge in [-0.05, 0) is 44.3 Å². The Kier molecular flexibility index (Phi) is 3.42. The maximum atomic E-state index is 6.45. The summed E-state index contributed by atoms with van der Waals surface area (Å²) in [6.07, 6.45) is 0.807. The van der Waals surface area contributed by atoms with Crippen molar-refractivity contribution in [2.24, 2.45) is 0 Å². The van der Waals surface area contributed by atoms with E-state index < -0.39 is 5.72 Å². The van der Waals surface area contributed by atoms with Gasteiger partial charge in [0.2, 0.25) is 0 Å². The minimum Gasteiger partial charge on any atom is -0.493 e. The number of thiocarbonyl (C=S) groups is 1. The smallest absolute Gasteiger partial charge is 0.188 e. The van der Waals surface area contributed by atoms with Gasteiger partial charge >= 0.3 is 0 Å². The molecular formula is C19H20N2O2S. The number of hydrogen-bond acceptors (Lipinski definition) is 3. The molecule has 0 spiro atoms. The predicted molar refractivity (Wildman–Crippen MR) is 98.8 cm³/mol. The molecule has 1 saturated heterocycles. The fourth-order valence-corrected chi connectivity index (χ4v) is 4.05. The number of para-hydroxylation sites is 1. The molecule has 0 aliphatic carbocycles. The van der Waals surface area contributed by atoms with Crippen molar-refractivity contribution in [1.29, 1.82) is 0 Å². The summed E-state index contributed by atoms with van der Waals surface area (Å²) in [6.45, 7) is 4.16. The highest BCUT2D eigenvalue weighted by atomic mass is 32.1. The van der Waals surface area contributed by atoms with E-state index in [2.05, 4.69) is 54.4 Å². The first-order valence-electron chi connectivity index (χ1n) is 8.05. The molecule has 0 radical (unpaired) electrons.